The van der Waals surface area contributed by atoms with E-state index < -0.39 is 29.8 Å². The van der Waals surface area contributed by atoms with Gasteiger partial charge in [0.2, 0.25) is 5.92 Å². The molecule has 2 aliphatic rings. The molecular formula is C22H32F2NO3+. The standard InChI is InChI=1S/C22H32F2NO3/c1-4-16-5-7-17(8-6-16)22(27,18-9-12-21(23,24)15-18)20(26)28-19-10-13-25(2,3)14-11-19/h5-8,18-19,27H,4,9-15H2,1-3H3/q+1/t18-,22+/m1/s1. The smallest absolute Gasteiger partial charge is 0.343 e. The summed E-state index contributed by atoms with van der Waals surface area (Å²) in [5.74, 6) is -4.48. The van der Waals surface area contributed by atoms with Crippen molar-refractivity contribution in [2.45, 2.75) is 63.1 Å². The van der Waals surface area contributed by atoms with Crippen molar-refractivity contribution < 1.29 is 27.9 Å². The van der Waals surface area contributed by atoms with Gasteiger partial charge in [0.05, 0.1) is 27.2 Å². The van der Waals surface area contributed by atoms with Crippen molar-refractivity contribution in [1.82, 2.24) is 0 Å². The first-order valence-corrected chi connectivity index (χ1v) is 10.3. The van der Waals surface area contributed by atoms with E-state index in [0.717, 1.165) is 29.6 Å². The number of hydrogen-bond acceptors (Lipinski definition) is 3. The lowest BCUT2D eigenvalue weighted by atomic mass is 9.79. The molecule has 1 aromatic carbocycles. The molecule has 0 amide bonds. The molecule has 156 valence electrons. The Morgan fingerprint density at radius 2 is 1.82 bits per heavy atom. The summed E-state index contributed by atoms with van der Waals surface area (Å²) < 4.78 is 34.4. The number of rotatable bonds is 5. The second-order valence-corrected chi connectivity index (χ2v) is 9.10. The second-order valence-electron chi connectivity index (χ2n) is 9.10. The van der Waals surface area contributed by atoms with E-state index in [1.807, 2.05) is 19.1 Å². The van der Waals surface area contributed by atoms with E-state index in [1.165, 1.54) is 0 Å². The maximum Gasteiger partial charge on any atom is 0.343 e. The highest BCUT2D eigenvalue weighted by atomic mass is 19.3. The fourth-order valence-corrected chi connectivity index (χ4v) is 4.42. The molecular weight excluding hydrogens is 364 g/mol. The van der Waals surface area contributed by atoms with Crippen LogP contribution in [0.2, 0.25) is 0 Å². The lowest BCUT2D eigenvalue weighted by molar-refractivity contribution is -0.896. The molecule has 0 unspecified atom stereocenters. The van der Waals surface area contributed by atoms with Gasteiger partial charge in [-0.05, 0) is 24.0 Å². The topological polar surface area (TPSA) is 46.5 Å². The summed E-state index contributed by atoms with van der Waals surface area (Å²) in [7, 11) is 4.26. The molecule has 28 heavy (non-hydrogen) atoms. The minimum Gasteiger partial charge on any atom is -0.460 e. The fraction of sp³-hybridized carbons (Fsp3) is 0.682. The van der Waals surface area contributed by atoms with Crippen molar-refractivity contribution in [1.29, 1.82) is 0 Å². The minimum atomic E-state index is -2.85. The molecule has 1 saturated carbocycles. The highest BCUT2D eigenvalue weighted by Gasteiger charge is 2.55. The number of likely N-dealkylation sites (tertiary alicyclic amines) is 1. The van der Waals surface area contributed by atoms with Gasteiger partial charge in [-0.3, -0.25) is 0 Å². The maximum atomic E-state index is 13.9. The van der Waals surface area contributed by atoms with Gasteiger partial charge in [0.15, 0.2) is 5.60 Å². The summed E-state index contributed by atoms with van der Waals surface area (Å²) >= 11 is 0. The minimum absolute atomic E-state index is 0.0999. The van der Waals surface area contributed by atoms with Gasteiger partial charge in [0.1, 0.15) is 6.10 Å². The fourth-order valence-electron chi connectivity index (χ4n) is 4.42. The van der Waals surface area contributed by atoms with E-state index in [0.29, 0.717) is 18.4 Å². The number of esters is 1. The van der Waals surface area contributed by atoms with E-state index in [-0.39, 0.29) is 18.9 Å². The first kappa shape index (κ1) is 21.2. The van der Waals surface area contributed by atoms with Gasteiger partial charge in [0, 0.05) is 31.6 Å². The Hall–Kier alpha value is -1.53. The second kappa shape index (κ2) is 7.71. The summed E-state index contributed by atoms with van der Waals surface area (Å²) in [4.78, 5) is 13.1. The zero-order valence-corrected chi connectivity index (χ0v) is 17.1. The average Bonchev–Trinajstić information content (AvgIpc) is 3.03. The quantitative estimate of drug-likeness (QED) is 0.610. The highest BCUT2D eigenvalue weighted by Crippen LogP contribution is 2.48. The molecule has 6 heteroatoms. The molecule has 0 aromatic heterocycles. The Labute approximate surface area is 166 Å². The van der Waals surface area contributed by atoms with Crippen LogP contribution in [0.4, 0.5) is 8.78 Å². The molecule has 3 rings (SSSR count). The van der Waals surface area contributed by atoms with Crippen LogP contribution < -0.4 is 0 Å². The number of aryl methyl sites for hydroxylation is 1. The highest BCUT2D eigenvalue weighted by molar-refractivity contribution is 5.82. The third-order valence-corrected chi connectivity index (χ3v) is 6.49. The van der Waals surface area contributed by atoms with Gasteiger partial charge in [-0.25, -0.2) is 13.6 Å². The van der Waals surface area contributed by atoms with Gasteiger partial charge >= 0.3 is 5.97 Å². The van der Waals surface area contributed by atoms with Crippen LogP contribution in [0.15, 0.2) is 24.3 Å². The van der Waals surface area contributed by atoms with E-state index in [1.54, 1.807) is 12.1 Å². The summed E-state index contributed by atoms with van der Waals surface area (Å²) in [6, 6.07) is 7.03. The lowest BCUT2D eigenvalue weighted by Gasteiger charge is -2.39. The number of hydrogen-bond donors (Lipinski definition) is 1. The zero-order valence-electron chi connectivity index (χ0n) is 17.1. The number of carbonyl (C=O) groups is 1. The first-order chi connectivity index (χ1) is 13.1. The molecule has 1 aromatic rings. The van der Waals surface area contributed by atoms with E-state index >= 15 is 0 Å². The number of halogens is 2. The lowest BCUT2D eigenvalue weighted by Crippen LogP contribution is -2.50. The van der Waals surface area contributed by atoms with Gasteiger partial charge < -0.3 is 14.3 Å². The Morgan fingerprint density at radius 3 is 2.32 bits per heavy atom. The molecule has 1 heterocycles. The summed E-state index contributed by atoms with van der Waals surface area (Å²) in [6.07, 6.45) is 1.26. The van der Waals surface area contributed by atoms with Crippen LogP contribution >= 0.6 is 0 Å². The van der Waals surface area contributed by atoms with Crippen LogP contribution in [-0.2, 0) is 21.6 Å². The van der Waals surface area contributed by atoms with Crippen molar-refractivity contribution in [3.8, 4) is 0 Å². The van der Waals surface area contributed by atoms with Crippen LogP contribution in [-0.4, -0.2) is 54.8 Å². The molecule has 1 aliphatic carbocycles. The van der Waals surface area contributed by atoms with Gasteiger partial charge in [-0.1, -0.05) is 31.2 Å². The van der Waals surface area contributed by atoms with Gasteiger partial charge in [0.25, 0.3) is 0 Å². The van der Waals surface area contributed by atoms with E-state index in [2.05, 4.69) is 14.1 Å². The summed E-state index contributed by atoms with van der Waals surface area (Å²) in [5.41, 5.74) is -0.624. The van der Waals surface area contributed by atoms with Crippen LogP contribution in [0.3, 0.4) is 0 Å². The molecule has 0 bridgehead atoms. The van der Waals surface area contributed by atoms with Crippen molar-refractivity contribution >= 4 is 5.97 Å². The third-order valence-electron chi connectivity index (χ3n) is 6.49. The average molecular weight is 396 g/mol. The molecule has 0 radical (unpaired) electrons. The van der Waals surface area contributed by atoms with Crippen molar-refractivity contribution in [2.75, 3.05) is 27.2 Å². The molecule has 1 saturated heterocycles. The predicted octanol–water partition coefficient (Wildman–Crippen LogP) is 3.65. The van der Waals surface area contributed by atoms with E-state index in [4.69, 9.17) is 4.74 Å². The van der Waals surface area contributed by atoms with Crippen molar-refractivity contribution in [3.05, 3.63) is 35.4 Å². The largest absolute Gasteiger partial charge is 0.460 e. The molecule has 2 atom stereocenters. The Kier molecular flexibility index (Phi) is 5.84. The van der Waals surface area contributed by atoms with Crippen molar-refractivity contribution in [2.24, 2.45) is 5.92 Å². The normalized spacial score (nSPS) is 26.6. The predicted molar refractivity (Wildman–Crippen MR) is 103 cm³/mol. The molecule has 1 N–H and O–H groups in total. The summed E-state index contributed by atoms with van der Waals surface area (Å²) in [5, 5.41) is 11.5. The molecule has 0 spiro atoms. The number of aliphatic hydroxyl groups is 1. The molecule has 4 nitrogen and oxygen atoms in total. The third kappa shape index (κ3) is 4.38. The Morgan fingerprint density at radius 1 is 1.21 bits per heavy atom. The zero-order chi connectivity index (χ0) is 20.6. The number of alkyl halides is 2. The molecule has 1 aliphatic heterocycles. The van der Waals surface area contributed by atoms with Crippen LogP contribution in [0, 0.1) is 5.92 Å². The van der Waals surface area contributed by atoms with Gasteiger partial charge in [-0.15, -0.1) is 0 Å². The van der Waals surface area contributed by atoms with Crippen LogP contribution in [0.5, 0.6) is 0 Å². The maximum absolute atomic E-state index is 13.9. The number of piperidine rings is 1. The summed E-state index contributed by atoms with van der Waals surface area (Å²) in [6.45, 7) is 3.77. The van der Waals surface area contributed by atoms with Crippen LogP contribution in [0.1, 0.15) is 50.2 Å². The Bertz CT molecular complexity index is 694. The SMILES string of the molecule is CCc1ccc([C@@](O)(C(=O)OC2CC[N+](C)(C)CC2)[C@@H]2CCC(F)(F)C2)cc1. The Balaban J connectivity index is 1.84. The van der Waals surface area contributed by atoms with Gasteiger partial charge in [-0.2, -0.15) is 0 Å². The number of carbonyl (C=O) groups excluding carboxylic acids is 1. The monoisotopic (exact) mass is 396 g/mol. The van der Waals surface area contributed by atoms with Crippen LogP contribution in [0.25, 0.3) is 0 Å². The van der Waals surface area contributed by atoms with Crippen molar-refractivity contribution in [3.63, 3.8) is 0 Å². The van der Waals surface area contributed by atoms with E-state index in [9.17, 15) is 18.7 Å². The first-order valence-electron chi connectivity index (χ1n) is 10.3. The molecule has 2 fully saturated rings. The number of benzene rings is 1. The number of nitrogens with zero attached hydrogens (tertiary/aromatic N) is 1. The number of quaternary nitrogens is 1. The number of ether oxygens (including phenoxy) is 1.